The number of nitrogens with zero attached hydrogens (tertiary/aromatic N) is 5. The molecule has 0 atom stereocenters. The minimum Gasteiger partial charge on any atom is -0.311 e. The fourth-order valence-corrected chi connectivity index (χ4v) is 19.8. The zero-order valence-corrected chi connectivity index (χ0v) is 69.5. The maximum Gasteiger partial charge on any atom is 0.253 e. The molecule has 570 valence electrons. The van der Waals surface area contributed by atoms with Gasteiger partial charge in [-0.1, -0.05) is 326 Å². The van der Waals surface area contributed by atoms with Crippen LogP contribution in [-0.2, 0) is 21.7 Å². The molecule has 0 aliphatic carbocycles. The Labute approximate surface area is 696 Å². The van der Waals surface area contributed by atoms with Crippen LogP contribution >= 0.6 is 0 Å². The van der Waals surface area contributed by atoms with Crippen LogP contribution in [0.5, 0.6) is 0 Å². The van der Waals surface area contributed by atoms with Crippen LogP contribution in [0.1, 0.15) is 105 Å². The number of aromatic nitrogens is 3. The molecule has 19 aromatic carbocycles. The molecule has 6 heteroatoms. The molecule has 0 N–H and O–H groups in total. The lowest BCUT2D eigenvalue weighted by Gasteiger charge is -2.45. The van der Waals surface area contributed by atoms with Crippen LogP contribution in [0.4, 0.5) is 34.1 Å². The van der Waals surface area contributed by atoms with E-state index in [1.807, 2.05) is 0 Å². The summed E-state index contributed by atoms with van der Waals surface area (Å²) in [5.74, 6) is 1.81. The summed E-state index contributed by atoms with van der Waals surface area (Å²) in [6.45, 7) is 27.4. The average Bonchev–Trinajstić information content (AvgIpc) is 0.668. The Morgan fingerprint density at radius 2 is 0.462 bits per heavy atom. The fraction of sp³-hybridized carbons (Fsp3) is 0.142. The van der Waals surface area contributed by atoms with Gasteiger partial charge in [0.1, 0.15) is 0 Å². The first-order chi connectivity index (χ1) is 57.5. The second-order valence-corrected chi connectivity index (χ2v) is 37.5. The maximum absolute atomic E-state index is 6.05. The number of rotatable bonds is 9. The third-order valence-electron chi connectivity index (χ3n) is 25.8. The van der Waals surface area contributed by atoms with Gasteiger partial charge in [-0.15, -0.1) is 0 Å². The van der Waals surface area contributed by atoms with Crippen molar-refractivity contribution in [2.45, 2.75) is 105 Å². The van der Waals surface area contributed by atoms with Crippen molar-refractivity contribution in [3.05, 3.63) is 350 Å². The summed E-state index contributed by atoms with van der Waals surface area (Å²) in [6.07, 6.45) is 0. The number of hydrogen-bond acceptors (Lipinski definition) is 5. The van der Waals surface area contributed by atoms with E-state index in [0.717, 1.165) is 95.3 Å². The van der Waals surface area contributed by atoms with Gasteiger partial charge in [-0.05, 0) is 276 Å². The minimum absolute atomic E-state index is 0.201. The lowest BCUT2D eigenvalue weighted by atomic mass is 9.32. The van der Waals surface area contributed by atoms with Gasteiger partial charge in [-0.25, -0.2) is 15.0 Å². The van der Waals surface area contributed by atoms with Crippen molar-refractivity contribution >= 4 is 143 Å². The van der Waals surface area contributed by atoms with Crippen LogP contribution in [0.3, 0.4) is 0 Å². The Bertz CT molecular complexity index is 6940. The lowest BCUT2D eigenvalue weighted by Crippen LogP contribution is -2.61. The second kappa shape index (κ2) is 26.5. The SMILES string of the molecule is CC(C)(C)c1cc(-c2nc(-c3cc(C(C)(C)C)cc(C(C)(C)C)c3)nc(-c3cc4c5c(c3)N(c3cc(-c6ccccc6)cc(-c6ccccc6)c3)c3cc6c7cccc8cccc(c9cccc(c3B5c3c(cc5c%10cccc%11cccc(c%12cccc3c%125)c%11%10)N4c3cc(-c4ccccc4)cc(-c4ccccc4)c3)c96)c87)n2)cc(C(C)(C)C)c1. The molecule has 0 unspecified atom stereocenters. The van der Waals surface area contributed by atoms with Gasteiger partial charge in [0.15, 0.2) is 17.5 Å². The topological polar surface area (TPSA) is 45.2 Å². The van der Waals surface area contributed by atoms with Crippen LogP contribution in [0, 0.1) is 0 Å². The van der Waals surface area contributed by atoms with Crippen molar-refractivity contribution in [2.24, 2.45) is 0 Å². The van der Waals surface area contributed by atoms with Crippen molar-refractivity contribution in [3.63, 3.8) is 0 Å². The number of benzene rings is 19. The highest BCUT2D eigenvalue weighted by Crippen LogP contribution is 2.54. The van der Waals surface area contributed by atoms with Gasteiger partial charge in [-0.2, -0.15) is 0 Å². The van der Waals surface area contributed by atoms with Crippen molar-refractivity contribution in [1.82, 2.24) is 15.0 Å². The third-order valence-corrected chi connectivity index (χ3v) is 25.8. The van der Waals surface area contributed by atoms with Crippen LogP contribution in [0.2, 0.25) is 0 Å². The summed E-state index contributed by atoms with van der Waals surface area (Å²) >= 11 is 0. The Kier molecular flexibility index (Phi) is 16.0. The second-order valence-electron chi connectivity index (χ2n) is 37.5. The van der Waals surface area contributed by atoms with Gasteiger partial charge < -0.3 is 9.80 Å². The molecule has 0 saturated heterocycles. The minimum atomic E-state index is -0.380. The molecule has 0 saturated carbocycles. The van der Waals surface area contributed by atoms with E-state index in [2.05, 4.69) is 420 Å². The third kappa shape index (κ3) is 11.7. The Balaban J connectivity index is 0.961. The largest absolute Gasteiger partial charge is 0.311 e. The van der Waals surface area contributed by atoms with E-state index in [9.17, 15) is 0 Å². The molecule has 0 bridgehead atoms. The highest BCUT2D eigenvalue weighted by Gasteiger charge is 2.47. The first-order valence-corrected chi connectivity index (χ1v) is 42.1. The summed E-state index contributed by atoms with van der Waals surface area (Å²) in [6, 6.07) is 125. The van der Waals surface area contributed by atoms with E-state index in [4.69, 9.17) is 15.0 Å². The number of hydrogen-bond donors (Lipinski definition) is 0. The van der Waals surface area contributed by atoms with E-state index in [1.165, 1.54) is 125 Å². The predicted molar refractivity (Wildman–Crippen MR) is 509 cm³/mol. The molecular weight excluding hydrogens is 1440 g/mol. The Morgan fingerprint density at radius 1 is 0.202 bits per heavy atom. The van der Waals surface area contributed by atoms with Crippen molar-refractivity contribution in [1.29, 1.82) is 0 Å². The molecule has 0 fully saturated rings. The maximum atomic E-state index is 6.05. The highest BCUT2D eigenvalue weighted by molar-refractivity contribution is 7.03. The zero-order valence-electron chi connectivity index (χ0n) is 69.5. The number of fused-ring (bicyclic) bond motifs is 10. The molecule has 5 nitrogen and oxygen atoms in total. The normalized spacial score (nSPS) is 13.2. The van der Waals surface area contributed by atoms with Crippen LogP contribution in [-0.4, -0.2) is 21.7 Å². The number of anilines is 6. The van der Waals surface area contributed by atoms with Crippen molar-refractivity contribution in [2.75, 3.05) is 9.80 Å². The smallest absolute Gasteiger partial charge is 0.253 e. The van der Waals surface area contributed by atoms with Crippen LogP contribution < -0.4 is 26.2 Å². The molecule has 0 spiro atoms. The van der Waals surface area contributed by atoms with Crippen molar-refractivity contribution in [3.8, 4) is 78.7 Å². The molecule has 2 aliphatic rings. The molecule has 2 aliphatic heterocycles. The first-order valence-electron chi connectivity index (χ1n) is 42.1. The highest BCUT2D eigenvalue weighted by atomic mass is 15.2. The molecule has 3 heterocycles. The Morgan fingerprint density at radius 3 is 0.765 bits per heavy atom. The predicted octanol–water partition coefficient (Wildman–Crippen LogP) is 28.9. The van der Waals surface area contributed by atoms with Gasteiger partial charge in [0.05, 0.1) is 0 Å². The van der Waals surface area contributed by atoms with Gasteiger partial charge in [0.2, 0.25) is 0 Å². The zero-order chi connectivity index (χ0) is 80.9. The van der Waals surface area contributed by atoms with E-state index in [0.29, 0.717) is 17.5 Å². The summed E-state index contributed by atoms with van der Waals surface area (Å²) < 4.78 is 0. The lowest BCUT2D eigenvalue weighted by molar-refractivity contribution is 0.568. The first kappa shape index (κ1) is 72.0. The molecule has 0 radical (unpaired) electrons. The van der Waals surface area contributed by atoms with E-state index in [-0.39, 0.29) is 28.4 Å². The van der Waals surface area contributed by atoms with Gasteiger partial charge in [-0.3, -0.25) is 0 Å². The van der Waals surface area contributed by atoms with E-state index < -0.39 is 0 Å². The molecular formula is C113H90BN5. The summed E-state index contributed by atoms with van der Waals surface area (Å²) in [5, 5.41) is 19.8. The van der Waals surface area contributed by atoms with Crippen LogP contribution in [0.15, 0.2) is 328 Å². The quantitative estimate of drug-likeness (QED) is 0.0819. The Hall–Kier alpha value is -13.5. The van der Waals surface area contributed by atoms with Gasteiger partial charge >= 0.3 is 0 Å². The molecule has 0 amide bonds. The van der Waals surface area contributed by atoms with Crippen LogP contribution in [0.25, 0.3) is 165 Å². The van der Waals surface area contributed by atoms with Gasteiger partial charge in [0, 0.05) is 50.8 Å². The molecule has 20 aromatic rings. The molecule has 1 aromatic heterocycles. The molecule has 119 heavy (non-hydrogen) atoms. The summed E-state index contributed by atoms with van der Waals surface area (Å²) in [4.78, 5) is 23.3. The van der Waals surface area contributed by atoms with E-state index in [1.54, 1.807) is 0 Å². The molecule has 22 rings (SSSR count). The average molecular weight is 1530 g/mol. The fourth-order valence-electron chi connectivity index (χ4n) is 19.8. The van der Waals surface area contributed by atoms with Crippen molar-refractivity contribution < 1.29 is 0 Å². The van der Waals surface area contributed by atoms with E-state index >= 15 is 0 Å². The summed E-state index contributed by atoms with van der Waals surface area (Å²) in [7, 11) is 0. The monoisotopic (exact) mass is 1530 g/mol. The standard InChI is InChI=1S/C113H90BN5/c1-110(2,3)80-53-77(54-81(63-80)111(4,5)6)107-115-108(78-55-82(112(7,8)9)64-83(56-78)113(10,11)12)117-109(116-107)79-61-96-106-97(62-79)119(85-59-75(69-35-21-15-22-36-69)52-76(60-85)70-37-23-16-24-38-70)99-66-95-91-46-28-42-72-40-26-44-87(101(72)91)89-48-30-50-93(103(89)95)105(99)114(106)104-92-49-29-47-88-86-43-25-39-71-41-27-45-90(100(71)86)94(102(88)92)65-98(104)118(96)84-57-73(67-31-17-13-18-32-67)51-74(58-84)68-33-19-14-20-34-68/h13-66H,1-12H3. The summed E-state index contributed by atoms with van der Waals surface area (Å²) in [5.41, 5.74) is 25.8. The van der Waals surface area contributed by atoms with Gasteiger partial charge in [0.25, 0.3) is 6.71 Å².